The van der Waals surface area contributed by atoms with Gasteiger partial charge in [0.25, 0.3) is 0 Å². The molecule has 0 amide bonds. The number of benzene rings is 2. The third-order valence-corrected chi connectivity index (χ3v) is 4.05. The Morgan fingerprint density at radius 3 is 2.33 bits per heavy atom. The third-order valence-electron chi connectivity index (χ3n) is 2.87. The molecule has 2 aromatic rings. The minimum Gasteiger partial charge on any atom is -0.497 e. The predicted molar refractivity (Wildman–Crippen MR) is 85.0 cm³/mol. The maximum atomic E-state index is 13.8. The highest BCUT2D eigenvalue weighted by atomic mass is 79.9. The number of methoxy groups -OCH3 is 1. The van der Waals surface area contributed by atoms with Crippen LogP contribution >= 0.6 is 31.9 Å². The molecule has 0 atom stereocenters. The first-order valence-corrected chi connectivity index (χ1v) is 7.67. The molecule has 6 heteroatoms. The number of rotatable bonds is 5. The Bertz CT molecular complexity index is 624. The molecule has 2 aromatic carbocycles. The number of hydrogen-bond acceptors (Lipinski definition) is 3. The first kappa shape index (κ1) is 16.3. The van der Waals surface area contributed by atoms with E-state index in [-0.39, 0.29) is 19.0 Å². The van der Waals surface area contributed by atoms with Crippen LogP contribution in [0.15, 0.2) is 39.3 Å². The van der Waals surface area contributed by atoms with Crippen LogP contribution in [0.1, 0.15) is 11.1 Å². The van der Waals surface area contributed by atoms with Crippen molar-refractivity contribution < 1.29 is 19.0 Å². The first-order chi connectivity index (χ1) is 10.0. The highest BCUT2D eigenvalue weighted by Crippen LogP contribution is 2.35. The Kier molecular flexibility index (Phi) is 5.61. The summed E-state index contributed by atoms with van der Waals surface area (Å²) in [6.45, 7) is 0.0239. The molecule has 0 aromatic heterocycles. The first-order valence-electron chi connectivity index (χ1n) is 6.09. The summed E-state index contributed by atoms with van der Waals surface area (Å²) in [7, 11) is 1.49. The number of hydrogen-bond donors (Lipinski definition) is 1. The smallest absolute Gasteiger partial charge is 0.148 e. The van der Waals surface area contributed by atoms with E-state index in [0.29, 0.717) is 26.0 Å². The molecule has 21 heavy (non-hydrogen) atoms. The summed E-state index contributed by atoms with van der Waals surface area (Å²) in [5.41, 5.74) is 1.18. The molecular formula is C15H13Br2FO3. The minimum atomic E-state index is -0.381. The fourth-order valence-corrected chi connectivity index (χ4v) is 3.27. The van der Waals surface area contributed by atoms with E-state index in [9.17, 15) is 4.39 Å². The zero-order valence-corrected chi connectivity index (χ0v) is 14.4. The SMILES string of the molecule is COc1ccc(COc2c(Br)cc(CO)cc2Br)c(F)c1. The second kappa shape index (κ2) is 7.24. The maximum Gasteiger partial charge on any atom is 0.148 e. The van der Waals surface area contributed by atoms with E-state index in [1.54, 1.807) is 24.3 Å². The van der Waals surface area contributed by atoms with Gasteiger partial charge in [-0.05, 0) is 61.7 Å². The Labute approximate surface area is 139 Å². The van der Waals surface area contributed by atoms with Crippen LogP contribution in [0.25, 0.3) is 0 Å². The fourth-order valence-electron chi connectivity index (χ4n) is 1.76. The molecule has 0 heterocycles. The summed E-state index contributed by atoms with van der Waals surface area (Å²) in [6, 6.07) is 8.13. The van der Waals surface area contributed by atoms with Crippen molar-refractivity contribution in [3.8, 4) is 11.5 Å². The standard InChI is InChI=1S/C15H13Br2FO3/c1-20-11-3-2-10(14(18)6-11)8-21-15-12(16)4-9(7-19)5-13(15)17/h2-6,19H,7-8H2,1H3. The molecule has 0 radical (unpaired) electrons. The topological polar surface area (TPSA) is 38.7 Å². The molecule has 0 spiro atoms. The fraction of sp³-hybridized carbons (Fsp3) is 0.200. The van der Waals surface area contributed by atoms with Crippen LogP contribution in [0.2, 0.25) is 0 Å². The average Bonchev–Trinajstić information content (AvgIpc) is 2.47. The summed E-state index contributed by atoms with van der Waals surface area (Å²) >= 11 is 6.75. The van der Waals surface area contributed by atoms with Gasteiger partial charge in [-0.3, -0.25) is 0 Å². The van der Waals surface area contributed by atoms with Gasteiger partial charge in [0.15, 0.2) is 0 Å². The molecule has 0 unspecified atom stereocenters. The number of ether oxygens (including phenoxy) is 2. The second-order valence-corrected chi connectivity index (χ2v) is 6.00. The van der Waals surface area contributed by atoms with Crippen molar-refractivity contribution in [2.75, 3.05) is 7.11 Å². The van der Waals surface area contributed by atoms with Gasteiger partial charge in [-0.2, -0.15) is 0 Å². The van der Waals surface area contributed by atoms with Crippen molar-refractivity contribution in [1.29, 1.82) is 0 Å². The second-order valence-electron chi connectivity index (χ2n) is 4.29. The van der Waals surface area contributed by atoms with Gasteiger partial charge in [0.05, 0.1) is 22.7 Å². The van der Waals surface area contributed by atoms with Crippen LogP contribution < -0.4 is 9.47 Å². The molecule has 0 aliphatic heterocycles. The summed E-state index contributed by atoms with van der Waals surface area (Å²) in [4.78, 5) is 0. The normalized spacial score (nSPS) is 10.5. The van der Waals surface area contributed by atoms with Gasteiger partial charge < -0.3 is 14.6 Å². The van der Waals surface area contributed by atoms with Gasteiger partial charge >= 0.3 is 0 Å². The lowest BCUT2D eigenvalue weighted by Crippen LogP contribution is -2.00. The van der Waals surface area contributed by atoms with Crippen LogP contribution in [0.4, 0.5) is 4.39 Å². The van der Waals surface area contributed by atoms with Gasteiger partial charge in [0.1, 0.15) is 23.9 Å². The van der Waals surface area contributed by atoms with Crippen molar-refractivity contribution in [2.45, 2.75) is 13.2 Å². The Morgan fingerprint density at radius 2 is 1.81 bits per heavy atom. The van der Waals surface area contributed by atoms with Gasteiger partial charge in [-0.15, -0.1) is 0 Å². The van der Waals surface area contributed by atoms with Crippen molar-refractivity contribution in [3.63, 3.8) is 0 Å². The van der Waals surface area contributed by atoms with Crippen LogP contribution in [0.5, 0.6) is 11.5 Å². The monoisotopic (exact) mass is 418 g/mol. The largest absolute Gasteiger partial charge is 0.497 e. The van der Waals surface area contributed by atoms with E-state index in [4.69, 9.17) is 14.6 Å². The zero-order chi connectivity index (χ0) is 15.4. The molecule has 1 N–H and O–H groups in total. The van der Waals surface area contributed by atoms with Crippen molar-refractivity contribution >= 4 is 31.9 Å². The lowest BCUT2D eigenvalue weighted by molar-refractivity contribution is 0.279. The van der Waals surface area contributed by atoms with Crippen LogP contribution in [0, 0.1) is 5.82 Å². The molecule has 0 aliphatic carbocycles. The molecule has 0 saturated carbocycles. The Balaban J connectivity index is 2.17. The van der Waals surface area contributed by atoms with E-state index in [2.05, 4.69) is 31.9 Å². The van der Waals surface area contributed by atoms with Crippen LogP contribution in [-0.2, 0) is 13.2 Å². The Hall–Kier alpha value is -1.11. The minimum absolute atomic E-state index is 0.0649. The van der Waals surface area contributed by atoms with Crippen molar-refractivity contribution in [1.82, 2.24) is 0 Å². The summed E-state index contributed by atoms with van der Waals surface area (Å²) in [6.07, 6.45) is 0. The quantitative estimate of drug-likeness (QED) is 0.778. The highest BCUT2D eigenvalue weighted by Gasteiger charge is 2.11. The summed E-state index contributed by atoms with van der Waals surface area (Å²) in [5.74, 6) is 0.641. The van der Waals surface area contributed by atoms with Gasteiger partial charge in [-0.25, -0.2) is 4.39 Å². The molecule has 2 rings (SSSR count). The molecule has 112 valence electrons. The van der Waals surface area contributed by atoms with Crippen LogP contribution in [0.3, 0.4) is 0 Å². The van der Waals surface area contributed by atoms with Crippen molar-refractivity contribution in [2.24, 2.45) is 0 Å². The van der Waals surface area contributed by atoms with E-state index >= 15 is 0 Å². The van der Waals surface area contributed by atoms with Gasteiger partial charge in [0.2, 0.25) is 0 Å². The van der Waals surface area contributed by atoms with Gasteiger partial charge in [0, 0.05) is 11.6 Å². The molecule has 3 nitrogen and oxygen atoms in total. The highest BCUT2D eigenvalue weighted by molar-refractivity contribution is 9.11. The Morgan fingerprint density at radius 1 is 1.14 bits per heavy atom. The zero-order valence-electron chi connectivity index (χ0n) is 11.2. The van der Waals surface area contributed by atoms with Crippen LogP contribution in [-0.4, -0.2) is 12.2 Å². The van der Waals surface area contributed by atoms with Gasteiger partial charge in [-0.1, -0.05) is 0 Å². The summed E-state index contributed by atoms with van der Waals surface area (Å²) in [5, 5.41) is 9.13. The van der Waals surface area contributed by atoms with E-state index < -0.39 is 0 Å². The lowest BCUT2D eigenvalue weighted by atomic mass is 10.2. The number of halogens is 3. The molecule has 0 saturated heterocycles. The third kappa shape index (κ3) is 3.96. The number of aliphatic hydroxyl groups excluding tert-OH is 1. The summed E-state index contributed by atoms with van der Waals surface area (Å²) < 4.78 is 25.8. The van der Waals surface area contributed by atoms with E-state index in [1.165, 1.54) is 13.2 Å². The maximum absolute atomic E-state index is 13.8. The molecule has 0 aliphatic rings. The molecular weight excluding hydrogens is 407 g/mol. The molecule has 0 bridgehead atoms. The van der Waals surface area contributed by atoms with E-state index in [0.717, 1.165) is 5.56 Å². The molecule has 0 fully saturated rings. The average molecular weight is 420 g/mol. The number of aliphatic hydroxyl groups is 1. The van der Waals surface area contributed by atoms with E-state index in [1.807, 2.05) is 0 Å². The predicted octanol–water partition coefficient (Wildman–Crippen LogP) is 4.43. The van der Waals surface area contributed by atoms with Crippen molar-refractivity contribution in [3.05, 3.63) is 56.2 Å². The lowest BCUT2D eigenvalue weighted by Gasteiger charge is -2.12.